The summed E-state index contributed by atoms with van der Waals surface area (Å²) >= 11 is 0. The van der Waals surface area contributed by atoms with Gasteiger partial charge in [-0.3, -0.25) is 4.57 Å². The molecule has 7 nitrogen and oxygen atoms in total. The molecule has 1 aliphatic rings. The minimum absolute atomic E-state index is 0.0523. The van der Waals surface area contributed by atoms with E-state index in [1.165, 1.54) is 0 Å². The summed E-state index contributed by atoms with van der Waals surface area (Å²) in [4.78, 5) is 13.5. The highest BCUT2D eigenvalue weighted by molar-refractivity contribution is 7.77. The Kier molecular flexibility index (Phi) is 7.86. The fraction of sp³-hybridized carbons (Fsp3) is 0.310. The van der Waals surface area contributed by atoms with Crippen LogP contribution in [0.1, 0.15) is 33.3 Å². The van der Waals surface area contributed by atoms with E-state index in [0.717, 1.165) is 0 Å². The summed E-state index contributed by atoms with van der Waals surface area (Å²) < 4.78 is 43.0. The van der Waals surface area contributed by atoms with Gasteiger partial charge in [0, 0.05) is 16.7 Å². The maximum Gasteiger partial charge on any atom is 0.357 e. The number of nitrogens with zero attached hydrogens (tertiary/aromatic N) is 1. The number of benzene rings is 3. The third-order valence-electron chi connectivity index (χ3n) is 6.82. The first-order chi connectivity index (χ1) is 18.0. The van der Waals surface area contributed by atoms with Gasteiger partial charge in [-0.2, -0.15) is 0 Å². The zero-order valence-corrected chi connectivity index (χ0v) is 24.6. The number of hydrogen-bond acceptors (Lipinski definition) is 6. The Balaban J connectivity index is 2.00. The summed E-state index contributed by atoms with van der Waals surface area (Å²) in [6.07, 6.45) is 0. The number of rotatable bonds is 8. The van der Waals surface area contributed by atoms with E-state index in [1.54, 1.807) is 67.6 Å². The lowest BCUT2D eigenvalue weighted by molar-refractivity contribution is -0.134. The van der Waals surface area contributed by atoms with E-state index in [1.807, 2.05) is 12.1 Å². The van der Waals surface area contributed by atoms with Crippen LogP contribution in [0.25, 0.3) is 0 Å². The quantitative estimate of drug-likeness (QED) is 0.146. The monoisotopic (exact) mass is 551 g/mol. The third-order valence-corrected chi connectivity index (χ3v) is 13.6. The summed E-state index contributed by atoms with van der Waals surface area (Å²) in [7, 11) is -6.04. The van der Waals surface area contributed by atoms with Gasteiger partial charge in [0.15, 0.2) is 17.2 Å². The molecule has 0 N–H and O–H groups in total. The molecule has 0 amide bonds. The highest BCUT2D eigenvalue weighted by atomic mass is 31.2. The van der Waals surface area contributed by atoms with Crippen molar-refractivity contribution in [1.29, 1.82) is 0 Å². The Morgan fingerprint density at radius 2 is 1.47 bits per heavy atom. The number of fused-ring (bicyclic) bond motifs is 1. The molecule has 1 heterocycles. The predicted molar refractivity (Wildman–Crippen MR) is 153 cm³/mol. The van der Waals surface area contributed by atoms with Crippen molar-refractivity contribution in [3.05, 3.63) is 78.4 Å². The number of carbonyl (C=O) groups is 1. The van der Waals surface area contributed by atoms with E-state index in [0.29, 0.717) is 33.4 Å². The second-order valence-electron chi connectivity index (χ2n) is 10.5. The molecule has 0 aliphatic carbocycles. The first-order valence-corrected chi connectivity index (χ1v) is 17.1. The van der Waals surface area contributed by atoms with Gasteiger partial charge < -0.3 is 18.6 Å². The molecule has 1 aliphatic heterocycles. The van der Waals surface area contributed by atoms with Crippen LogP contribution in [0, 0.1) is 0 Å². The average molecular weight is 552 g/mol. The predicted octanol–water partition coefficient (Wildman–Crippen LogP) is 6.08. The van der Waals surface area contributed by atoms with Gasteiger partial charge in [-0.1, -0.05) is 57.2 Å². The Morgan fingerprint density at radius 1 is 0.947 bits per heavy atom. The molecule has 0 saturated heterocycles. The Morgan fingerprint density at radius 3 is 1.97 bits per heavy atom. The second kappa shape index (κ2) is 10.8. The summed E-state index contributed by atoms with van der Waals surface area (Å²) in [5.74, 6) is 0.688. The molecule has 0 fully saturated rings. The van der Waals surface area contributed by atoms with Crippen LogP contribution in [0.3, 0.4) is 0 Å². The average Bonchev–Trinajstić information content (AvgIpc) is 3.34. The van der Waals surface area contributed by atoms with E-state index in [9.17, 15) is 9.36 Å². The Bertz CT molecular complexity index is 1340. The maximum absolute atomic E-state index is 14.8. The van der Waals surface area contributed by atoms with Gasteiger partial charge in [0.25, 0.3) is 8.32 Å². The van der Waals surface area contributed by atoms with Crippen LogP contribution in [-0.2, 0) is 14.1 Å². The lowest BCUT2D eigenvalue weighted by Crippen LogP contribution is -2.44. The van der Waals surface area contributed by atoms with Gasteiger partial charge in [-0.25, -0.2) is 9.56 Å². The molecule has 0 spiro atoms. The standard InChI is InChI=1S/C29H34NO6PSi/c1-7-33-28(31)27(30-37(32,21-14-10-8-11-15-21)22-16-12-9-13-17-22)23-18-25-26(35-20-34-25)19-24(23)36-38(5,6)29(2,3)4/h8-19H,7,20H2,1-6H3/b30-27-. The summed E-state index contributed by atoms with van der Waals surface area (Å²) in [6, 6.07) is 21.3. The fourth-order valence-electron chi connectivity index (χ4n) is 3.69. The van der Waals surface area contributed by atoms with Crippen molar-refractivity contribution in [3.63, 3.8) is 0 Å². The summed E-state index contributed by atoms with van der Waals surface area (Å²) in [5, 5.41) is 0.881. The van der Waals surface area contributed by atoms with E-state index in [-0.39, 0.29) is 24.1 Å². The van der Waals surface area contributed by atoms with Gasteiger partial charge in [0.2, 0.25) is 14.1 Å². The van der Waals surface area contributed by atoms with Crippen molar-refractivity contribution in [2.45, 2.75) is 45.8 Å². The molecule has 0 unspecified atom stereocenters. The van der Waals surface area contributed by atoms with Crippen LogP contribution < -0.4 is 24.5 Å². The molecule has 200 valence electrons. The molecule has 0 radical (unpaired) electrons. The second-order valence-corrected chi connectivity index (χ2v) is 17.6. The van der Waals surface area contributed by atoms with Crippen molar-refractivity contribution in [3.8, 4) is 17.2 Å². The van der Waals surface area contributed by atoms with Crippen LogP contribution in [0.15, 0.2) is 77.6 Å². The SMILES string of the molecule is CCOC(=O)/C(=N\P(=O)(c1ccccc1)c1ccccc1)c1cc2c(cc1O[Si](C)(C)C(C)(C)C)OCO2. The number of ether oxygens (including phenoxy) is 3. The topological polar surface area (TPSA) is 83.4 Å². The smallest absolute Gasteiger partial charge is 0.357 e. The minimum atomic E-state index is -3.68. The van der Waals surface area contributed by atoms with Crippen molar-refractivity contribution in [1.82, 2.24) is 0 Å². The molecule has 0 aromatic heterocycles. The molecule has 9 heteroatoms. The first-order valence-electron chi connectivity index (χ1n) is 12.6. The van der Waals surface area contributed by atoms with E-state index in [2.05, 4.69) is 33.9 Å². The van der Waals surface area contributed by atoms with E-state index < -0.39 is 21.6 Å². The summed E-state index contributed by atoms with van der Waals surface area (Å²) in [5.41, 5.74) is 0.263. The normalized spacial score (nSPS) is 13.8. The molecule has 3 aromatic rings. The minimum Gasteiger partial charge on any atom is -0.543 e. The summed E-state index contributed by atoms with van der Waals surface area (Å²) in [6.45, 7) is 12.5. The zero-order chi connectivity index (χ0) is 27.6. The number of esters is 1. The Labute approximate surface area is 225 Å². The largest absolute Gasteiger partial charge is 0.543 e. The van der Waals surface area contributed by atoms with E-state index in [4.69, 9.17) is 23.4 Å². The molecule has 4 rings (SSSR count). The van der Waals surface area contributed by atoms with E-state index >= 15 is 0 Å². The van der Waals surface area contributed by atoms with Crippen molar-refractivity contribution in [2.24, 2.45) is 4.76 Å². The van der Waals surface area contributed by atoms with Crippen molar-refractivity contribution in [2.75, 3.05) is 13.4 Å². The third kappa shape index (κ3) is 5.57. The Hall–Kier alpha value is -3.35. The van der Waals surface area contributed by atoms with Crippen LogP contribution in [0.2, 0.25) is 18.1 Å². The van der Waals surface area contributed by atoms with Gasteiger partial charge >= 0.3 is 5.97 Å². The first kappa shape index (κ1) is 27.7. The van der Waals surface area contributed by atoms with Crippen molar-refractivity contribution < 1.29 is 28.0 Å². The van der Waals surface area contributed by atoms with Gasteiger partial charge in [-0.15, -0.1) is 0 Å². The highest BCUT2D eigenvalue weighted by Gasteiger charge is 2.41. The molecule has 38 heavy (non-hydrogen) atoms. The van der Waals surface area contributed by atoms with Crippen LogP contribution >= 0.6 is 7.29 Å². The maximum atomic E-state index is 14.8. The number of hydrogen-bond donors (Lipinski definition) is 0. The molecule has 0 atom stereocenters. The number of carbonyl (C=O) groups excluding carboxylic acids is 1. The van der Waals surface area contributed by atoms with Crippen molar-refractivity contribution >= 4 is 37.9 Å². The fourth-order valence-corrected chi connectivity index (χ4v) is 6.87. The van der Waals surface area contributed by atoms with Crippen LogP contribution in [0.5, 0.6) is 17.2 Å². The zero-order valence-electron chi connectivity index (χ0n) is 22.7. The van der Waals surface area contributed by atoms with Crippen LogP contribution in [-0.4, -0.2) is 33.4 Å². The highest BCUT2D eigenvalue weighted by Crippen LogP contribution is 2.48. The molecular formula is C29H34NO6PSi. The molecule has 0 bridgehead atoms. The van der Waals surface area contributed by atoms with Crippen LogP contribution in [0.4, 0.5) is 0 Å². The van der Waals surface area contributed by atoms with Gasteiger partial charge in [0.1, 0.15) is 5.75 Å². The lowest BCUT2D eigenvalue weighted by Gasteiger charge is -2.37. The molecular weight excluding hydrogens is 517 g/mol. The van der Waals surface area contributed by atoms with Gasteiger partial charge in [0.05, 0.1) is 12.2 Å². The lowest BCUT2D eigenvalue weighted by atomic mass is 10.1. The molecule has 0 saturated carbocycles. The molecule has 3 aromatic carbocycles. The van der Waals surface area contributed by atoms with Gasteiger partial charge in [-0.05, 0) is 55.4 Å².